The van der Waals surface area contributed by atoms with Gasteiger partial charge in [0.1, 0.15) is 19.3 Å². The van der Waals surface area contributed by atoms with Gasteiger partial charge in [0, 0.05) is 25.7 Å². The number of rotatable bonds is 61. The fourth-order valence-electron chi connectivity index (χ4n) is 9.05. The highest BCUT2D eigenvalue weighted by molar-refractivity contribution is 7.47. The van der Waals surface area contributed by atoms with Gasteiger partial charge < -0.3 is 33.8 Å². The third-order valence-corrected chi connectivity index (χ3v) is 15.9. The molecule has 0 aliphatic carbocycles. The number of hydrogen-bond acceptors (Lipinski definition) is 15. The lowest BCUT2D eigenvalue weighted by molar-refractivity contribution is -0.161. The molecule has 0 saturated carbocycles. The van der Waals surface area contributed by atoms with E-state index in [2.05, 4.69) is 34.6 Å². The molecule has 474 valence electrons. The average Bonchev–Trinajstić information content (AvgIpc) is 3.42. The molecule has 0 fully saturated rings. The first-order valence-electron chi connectivity index (χ1n) is 32.1. The van der Waals surface area contributed by atoms with Gasteiger partial charge in [-0.25, -0.2) is 9.13 Å². The number of aliphatic hydroxyl groups is 1. The molecule has 0 aromatic heterocycles. The van der Waals surface area contributed by atoms with E-state index >= 15 is 0 Å². The Hall–Kier alpha value is -1.94. The highest BCUT2D eigenvalue weighted by Gasteiger charge is 2.30. The molecule has 0 spiro atoms. The summed E-state index contributed by atoms with van der Waals surface area (Å²) in [7, 11) is -9.86. The number of phosphoric acid groups is 2. The van der Waals surface area contributed by atoms with Crippen LogP contribution in [0.4, 0.5) is 0 Å². The molecule has 0 saturated heterocycles. The van der Waals surface area contributed by atoms with Gasteiger partial charge in [-0.1, -0.05) is 253 Å². The van der Waals surface area contributed by atoms with Gasteiger partial charge in [-0.3, -0.25) is 37.3 Å². The summed E-state index contributed by atoms with van der Waals surface area (Å²) in [6.07, 6.45) is 38.3. The summed E-state index contributed by atoms with van der Waals surface area (Å²) in [5.74, 6) is -1.45. The third kappa shape index (κ3) is 55.3. The monoisotopic (exact) mass is 1180 g/mol. The minimum atomic E-state index is -4.94. The molecule has 17 nitrogen and oxygen atoms in total. The van der Waals surface area contributed by atoms with Crippen LogP contribution in [0.5, 0.6) is 0 Å². The quantitative estimate of drug-likeness (QED) is 0.0222. The van der Waals surface area contributed by atoms with Crippen molar-refractivity contribution in [2.75, 3.05) is 39.6 Å². The van der Waals surface area contributed by atoms with Crippen LogP contribution in [0.3, 0.4) is 0 Å². The van der Waals surface area contributed by atoms with Crippen molar-refractivity contribution in [3.05, 3.63) is 0 Å². The number of carbonyl (C=O) groups is 4. The van der Waals surface area contributed by atoms with Crippen molar-refractivity contribution >= 4 is 39.5 Å². The Morgan fingerprint density at radius 2 is 0.575 bits per heavy atom. The molecule has 0 aliphatic rings. The third-order valence-electron chi connectivity index (χ3n) is 14.0. The van der Waals surface area contributed by atoms with Crippen LogP contribution < -0.4 is 0 Å². The van der Waals surface area contributed by atoms with E-state index in [0.29, 0.717) is 31.6 Å². The number of carbonyl (C=O) groups excluding carboxylic acids is 4. The minimum Gasteiger partial charge on any atom is -0.462 e. The normalized spacial score (nSPS) is 14.3. The molecule has 2 unspecified atom stereocenters. The van der Waals surface area contributed by atoms with E-state index in [4.69, 9.17) is 37.0 Å². The molecule has 0 heterocycles. The SMILES string of the molecule is CCCCCCCCCCCCCCCCCCCCC(=O)O[C@H](COC(=O)CCCCCCCCCC(C)C)COP(=O)(O)OC[C@@H](O)COP(=O)(O)OC[C@@H](COC(=O)CCCCCCC)OC(=O)CCCCCCCCC. The Balaban J connectivity index is 5.10. The highest BCUT2D eigenvalue weighted by atomic mass is 31.2. The zero-order chi connectivity index (χ0) is 59.2. The van der Waals surface area contributed by atoms with Gasteiger partial charge in [0.05, 0.1) is 26.4 Å². The van der Waals surface area contributed by atoms with Crippen LogP contribution in [-0.2, 0) is 65.4 Å². The van der Waals surface area contributed by atoms with E-state index in [1.807, 2.05) is 0 Å². The van der Waals surface area contributed by atoms with Crippen molar-refractivity contribution in [2.24, 2.45) is 5.92 Å². The van der Waals surface area contributed by atoms with Gasteiger partial charge in [-0.15, -0.1) is 0 Å². The Morgan fingerprint density at radius 3 is 0.850 bits per heavy atom. The van der Waals surface area contributed by atoms with E-state index in [9.17, 15) is 43.2 Å². The Morgan fingerprint density at radius 1 is 0.338 bits per heavy atom. The fourth-order valence-corrected chi connectivity index (χ4v) is 10.6. The predicted octanol–water partition coefficient (Wildman–Crippen LogP) is 16.6. The van der Waals surface area contributed by atoms with Crippen LogP contribution in [0, 0.1) is 5.92 Å². The maximum atomic E-state index is 12.9. The summed E-state index contributed by atoms with van der Waals surface area (Å²) >= 11 is 0. The second-order valence-electron chi connectivity index (χ2n) is 22.6. The number of hydrogen-bond donors (Lipinski definition) is 3. The van der Waals surface area contributed by atoms with Crippen LogP contribution >= 0.6 is 15.6 Å². The van der Waals surface area contributed by atoms with Crippen molar-refractivity contribution in [1.82, 2.24) is 0 Å². The van der Waals surface area contributed by atoms with Crippen molar-refractivity contribution in [3.63, 3.8) is 0 Å². The zero-order valence-corrected chi connectivity index (χ0v) is 53.0. The van der Waals surface area contributed by atoms with Gasteiger partial charge in [0.25, 0.3) is 0 Å². The van der Waals surface area contributed by atoms with Crippen LogP contribution in [0.1, 0.15) is 304 Å². The molecule has 0 rings (SSSR count). The first kappa shape index (κ1) is 78.1. The first-order valence-corrected chi connectivity index (χ1v) is 35.1. The number of aliphatic hydroxyl groups excluding tert-OH is 1. The molecule has 0 amide bonds. The molecule has 0 aromatic rings. The standard InChI is InChI=1S/C61H118O17P2/c1-6-9-12-15-17-18-19-20-21-22-23-24-25-26-27-31-37-42-47-61(66)78-57(51-72-59(64)45-40-35-32-28-30-34-38-43-54(4)5)53-76-80(69,70)74-49-55(62)48-73-79(67,68)75-52-56(50-71-58(63)44-39-33-14-11-8-3)77-60(65)46-41-36-29-16-13-10-7-2/h54-57,62H,6-53H2,1-5H3,(H,67,68)(H,69,70)/t55-,56+,57+/m0/s1. The average molecular weight is 1190 g/mol. The smallest absolute Gasteiger partial charge is 0.462 e. The van der Waals surface area contributed by atoms with Crippen molar-refractivity contribution in [2.45, 2.75) is 323 Å². The van der Waals surface area contributed by atoms with Crippen molar-refractivity contribution in [1.29, 1.82) is 0 Å². The molecular weight excluding hydrogens is 1070 g/mol. The predicted molar refractivity (Wildman–Crippen MR) is 317 cm³/mol. The molecule has 19 heteroatoms. The number of esters is 4. The Bertz CT molecular complexity index is 1570. The van der Waals surface area contributed by atoms with Crippen LogP contribution in [0.25, 0.3) is 0 Å². The Labute approximate surface area is 486 Å². The van der Waals surface area contributed by atoms with E-state index in [-0.39, 0.29) is 25.7 Å². The zero-order valence-electron chi connectivity index (χ0n) is 51.2. The fraction of sp³-hybridized carbons (Fsp3) is 0.934. The lowest BCUT2D eigenvalue weighted by atomic mass is 10.0. The van der Waals surface area contributed by atoms with E-state index < -0.39 is 97.5 Å². The summed E-state index contributed by atoms with van der Waals surface area (Å²) in [6.45, 7) is 6.98. The Kier molecular flexibility index (Phi) is 53.6. The number of phosphoric ester groups is 2. The summed E-state index contributed by atoms with van der Waals surface area (Å²) in [4.78, 5) is 71.7. The van der Waals surface area contributed by atoms with E-state index in [1.165, 1.54) is 103 Å². The van der Waals surface area contributed by atoms with Gasteiger partial charge in [0.2, 0.25) is 0 Å². The summed E-state index contributed by atoms with van der Waals surface area (Å²) in [5, 5.41) is 10.5. The molecular formula is C61H118O17P2. The van der Waals surface area contributed by atoms with Gasteiger partial charge >= 0.3 is 39.5 Å². The lowest BCUT2D eigenvalue weighted by Crippen LogP contribution is -2.30. The van der Waals surface area contributed by atoms with Crippen molar-refractivity contribution in [3.8, 4) is 0 Å². The van der Waals surface area contributed by atoms with E-state index in [0.717, 1.165) is 116 Å². The molecule has 0 bridgehead atoms. The van der Waals surface area contributed by atoms with Crippen LogP contribution in [0.15, 0.2) is 0 Å². The van der Waals surface area contributed by atoms with Gasteiger partial charge in [-0.05, 0) is 31.6 Å². The molecule has 0 aromatic carbocycles. The molecule has 0 aliphatic heterocycles. The maximum Gasteiger partial charge on any atom is 0.472 e. The second-order valence-corrected chi connectivity index (χ2v) is 25.5. The summed E-state index contributed by atoms with van der Waals surface area (Å²) in [5.41, 5.74) is 0. The maximum absolute atomic E-state index is 12.9. The first-order chi connectivity index (χ1) is 38.5. The van der Waals surface area contributed by atoms with Gasteiger partial charge in [-0.2, -0.15) is 0 Å². The molecule has 3 N–H and O–H groups in total. The molecule has 80 heavy (non-hydrogen) atoms. The van der Waals surface area contributed by atoms with Crippen molar-refractivity contribution < 1.29 is 80.2 Å². The molecule has 0 radical (unpaired) electrons. The largest absolute Gasteiger partial charge is 0.472 e. The van der Waals surface area contributed by atoms with Crippen LogP contribution in [0.2, 0.25) is 0 Å². The molecule has 5 atom stereocenters. The second kappa shape index (κ2) is 55.0. The van der Waals surface area contributed by atoms with Gasteiger partial charge in [0.15, 0.2) is 12.2 Å². The summed E-state index contributed by atoms with van der Waals surface area (Å²) in [6, 6.07) is 0. The highest BCUT2D eigenvalue weighted by Crippen LogP contribution is 2.45. The number of ether oxygens (including phenoxy) is 4. The minimum absolute atomic E-state index is 0.103. The summed E-state index contributed by atoms with van der Waals surface area (Å²) < 4.78 is 67.5. The van der Waals surface area contributed by atoms with Crippen LogP contribution in [-0.4, -0.2) is 96.7 Å². The topological polar surface area (TPSA) is 237 Å². The number of unbranched alkanes of at least 4 members (excludes halogenated alkanes) is 33. The van der Waals surface area contributed by atoms with E-state index in [1.54, 1.807) is 0 Å². The lowest BCUT2D eigenvalue weighted by Gasteiger charge is -2.21.